The Balaban J connectivity index is 1.96. The fourth-order valence-electron chi connectivity index (χ4n) is 2.02. The first kappa shape index (κ1) is 15.1. The lowest BCUT2D eigenvalue weighted by Gasteiger charge is -2.16. The highest BCUT2D eigenvalue weighted by atomic mass is 19.1. The largest absolute Gasteiger partial charge is 0.296 e. The highest BCUT2D eigenvalue weighted by Crippen LogP contribution is 2.09. The van der Waals surface area contributed by atoms with Gasteiger partial charge in [-0.3, -0.25) is 20.1 Å². The monoisotopic (exact) mass is 288 g/mol. The van der Waals surface area contributed by atoms with Crippen molar-refractivity contribution in [1.29, 1.82) is 0 Å². The van der Waals surface area contributed by atoms with Gasteiger partial charge < -0.3 is 0 Å². The highest BCUT2D eigenvalue weighted by molar-refractivity contribution is 5.93. The number of nitrogens with zero attached hydrogens (tertiary/aromatic N) is 2. The smallest absolute Gasteiger partial charge is 0.266 e. The first-order chi connectivity index (χ1) is 10.1. The van der Waals surface area contributed by atoms with E-state index >= 15 is 0 Å². The van der Waals surface area contributed by atoms with Crippen LogP contribution in [0, 0.1) is 5.82 Å². The molecule has 1 heterocycles. The molecular weight excluding hydrogens is 271 g/mol. The summed E-state index contributed by atoms with van der Waals surface area (Å²) in [6, 6.07) is 9.94. The third kappa shape index (κ3) is 4.34. The lowest BCUT2D eigenvalue weighted by atomic mass is 10.2. The SMILES string of the molecule is CN(Cc1cccc(F)c1)Cc1ccc(C(=O)NN)cn1. The molecule has 5 nitrogen and oxygen atoms in total. The summed E-state index contributed by atoms with van der Waals surface area (Å²) < 4.78 is 13.1. The first-order valence-electron chi connectivity index (χ1n) is 6.47. The minimum Gasteiger partial charge on any atom is -0.296 e. The Kier molecular flexibility index (Phi) is 4.97. The third-order valence-electron chi connectivity index (χ3n) is 2.99. The molecule has 0 unspecified atom stereocenters. The summed E-state index contributed by atoms with van der Waals surface area (Å²) in [5.74, 6) is 4.44. The molecule has 0 aliphatic carbocycles. The molecule has 0 radical (unpaired) electrons. The molecule has 1 aromatic carbocycles. The molecule has 0 saturated carbocycles. The van der Waals surface area contributed by atoms with Crippen LogP contribution in [0.25, 0.3) is 0 Å². The second kappa shape index (κ2) is 6.92. The van der Waals surface area contributed by atoms with Gasteiger partial charge in [-0.2, -0.15) is 0 Å². The zero-order chi connectivity index (χ0) is 15.2. The van der Waals surface area contributed by atoms with Gasteiger partial charge in [0, 0.05) is 19.3 Å². The van der Waals surface area contributed by atoms with Crippen molar-refractivity contribution in [3.63, 3.8) is 0 Å². The first-order valence-corrected chi connectivity index (χ1v) is 6.47. The molecule has 2 rings (SSSR count). The van der Waals surface area contributed by atoms with Crippen molar-refractivity contribution in [2.24, 2.45) is 5.84 Å². The summed E-state index contributed by atoms with van der Waals surface area (Å²) in [6.45, 7) is 1.21. The standard InChI is InChI=1S/C15H17FN4O/c1-20(9-11-3-2-4-13(16)7-11)10-14-6-5-12(8-18-14)15(21)19-17/h2-8H,9-10,17H2,1H3,(H,19,21). The molecule has 0 spiro atoms. The number of carbonyl (C=O) groups is 1. The Hall–Kier alpha value is -2.31. The lowest BCUT2D eigenvalue weighted by Crippen LogP contribution is -2.30. The minimum atomic E-state index is -0.373. The van der Waals surface area contributed by atoms with E-state index in [1.165, 1.54) is 18.3 Å². The van der Waals surface area contributed by atoms with E-state index in [0.717, 1.165) is 11.3 Å². The number of halogens is 1. The molecule has 6 heteroatoms. The number of hydrogen-bond donors (Lipinski definition) is 2. The van der Waals surface area contributed by atoms with Crippen LogP contribution in [0.1, 0.15) is 21.6 Å². The Morgan fingerprint density at radius 3 is 2.76 bits per heavy atom. The van der Waals surface area contributed by atoms with E-state index in [9.17, 15) is 9.18 Å². The van der Waals surface area contributed by atoms with E-state index in [4.69, 9.17) is 5.84 Å². The van der Waals surface area contributed by atoms with Gasteiger partial charge in [-0.15, -0.1) is 0 Å². The Bertz CT molecular complexity index is 615. The van der Waals surface area contributed by atoms with Crippen molar-refractivity contribution in [2.75, 3.05) is 7.05 Å². The quantitative estimate of drug-likeness (QED) is 0.496. The molecule has 2 aromatic rings. The molecular formula is C15H17FN4O. The maximum atomic E-state index is 13.1. The molecule has 1 aromatic heterocycles. The zero-order valence-corrected chi connectivity index (χ0v) is 11.7. The number of benzene rings is 1. The van der Waals surface area contributed by atoms with E-state index in [1.807, 2.05) is 18.0 Å². The molecule has 110 valence electrons. The maximum absolute atomic E-state index is 13.1. The van der Waals surface area contributed by atoms with Crippen molar-refractivity contribution in [3.8, 4) is 0 Å². The molecule has 21 heavy (non-hydrogen) atoms. The van der Waals surface area contributed by atoms with Gasteiger partial charge in [-0.1, -0.05) is 12.1 Å². The van der Waals surface area contributed by atoms with Crippen LogP contribution in [0.5, 0.6) is 0 Å². The molecule has 1 amide bonds. The summed E-state index contributed by atoms with van der Waals surface area (Å²) in [6.07, 6.45) is 1.48. The van der Waals surface area contributed by atoms with E-state index in [0.29, 0.717) is 18.7 Å². The average molecular weight is 288 g/mol. The predicted octanol–water partition coefficient (Wildman–Crippen LogP) is 1.46. The molecule has 0 fully saturated rings. The fraction of sp³-hybridized carbons (Fsp3) is 0.200. The van der Waals surface area contributed by atoms with Crippen LogP contribution in [0.3, 0.4) is 0 Å². The van der Waals surface area contributed by atoms with Crippen LogP contribution in [0.4, 0.5) is 4.39 Å². The van der Waals surface area contributed by atoms with E-state index in [1.54, 1.807) is 18.2 Å². The number of rotatable bonds is 5. The van der Waals surface area contributed by atoms with Gasteiger partial charge in [-0.25, -0.2) is 10.2 Å². The van der Waals surface area contributed by atoms with Crippen molar-refractivity contribution >= 4 is 5.91 Å². The van der Waals surface area contributed by atoms with Gasteiger partial charge in [0.15, 0.2) is 0 Å². The number of aromatic nitrogens is 1. The molecule has 0 atom stereocenters. The Labute approximate surface area is 122 Å². The van der Waals surface area contributed by atoms with E-state index in [2.05, 4.69) is 10.4 Å². The Morgan fingerprint density at radius 1 is 1.33 bits per heavy atom. The highest BCUT2D eigenvalue weighted by Gasteiger charge is 2.06. The molecule has 0 bridgehead atoms. The van der Waals surface area contributed by atoms with Crippen LogP contribution in [0.15, 0.2) is 42.6 Å². The third-order valence-corrected chi connectivity index (χ3v) is 2.99. The molecule has 0 saturated heterocycles. The lowest BCUT2D eigenvalue weighted by molar-refractivity contribution is 0.0953. The van der Waals surface area contributed by atoms with Gasteiger partial charge in [-0.05, 0) is 36.9 Å². The number of nitrogens with two attached hydrogens (primary N) is 1. The number of amides is 1. The van der Waals surface area contributed by atoms with Gasteiger partial charge in [0.1, 0.15) is 5.82 Å². The normalized spacial score (nSPS) is 10.7. The number of nitrogen functional groups attached to an aromatic ring is 1. The second-order valence-corrected chi connectivity index (χ2v) is 4.81. The number of pyridine rings is 1. The van der Waals surface area contributed by atoms with Crippen LogP contribution in [0.2, 0.25) is 0 Å². The van der Waals surface area contributed by atoms with Gasteiger partial charge in [0.2, 0.25) is 0 Å². The van der Waals surface area contributed by atoms with Crippen molar-refractivity contribution < 1.29 is 9.18 Å². The fourth-order valence-corrected chi connectivity index (χ4v) is 2.02. The summed E-state index contributed by atoms with van der Waals surface area (Å²) >= 11 is 0. The zero-order valence-electron chi connectivity index (χ0n) is 11.7. The van der Waals surface area contributed by atoms with Gasteiger partial charge in [0.05, 0.1) is 11.3 Å². The van der Waals surface area contributed by atoms with Crippen molar-refractivity contribution in [1.82, 2.24) is 15.3 Å². The predicted molar refractivity (Wildman–Crippen MR) is 77.5 cm³/mol. The van der Waals surface area contributed by atoms with Crippen molar-refractivity contribution in [2.45, 2.75) is 13.1 Å². The van der Waals surface area contributed by atoms with Gasteiger partial charge >= 0.3 is 0 Å². The van der Waals surface area contributed by atoms with Crippen LogP contribution in [-0.4, -0.2) is 22.8 Å². The molecule has 0 aliphatic heterocycles. The van der Waals surface area contributed by atoms with Crippen LogP contribution >= 0.6 is 0 Å². The number of hydrazine groups is 1. The van der Waals surface area contributed by atoms with Gasteiger partial charge in [0.25, 0.3) is 5.91 Å². The van der Waals surface area contributed by atoms with E-state index in [-0.39, 0.29) is 11.7 Å². The summed E-state index contributed by atoms with van der Waals surface area (Å²) in [5, 5.41) is 0. The number of hydrogen-bond acceptors (Lipinski definition) is 4. The minimum absolute atomic E-state index is 0.240. The Morgan fingerprint density at radius 2 is 2.14 bits per heavy atom. The average Bonchev–Trinajstić information content (AvgIpc) is 2.47. The number of carbonyl (C=O) groups excluding carboxylic acids is 1. The van der Waals surface area contributed by atoms with E-state index < -0.39 is 0 Å². The van der Waals surface area contributed by atoms with Crippen molar-refractivity contribution in [3.05, 3.63) is 65.2 Å². The summed E-state index contributed by atoms with van der Waals surface area (Å²) in [7, 11) is 1.92. The number of nitrogens with one attached hydrogen (secondary N) is 1. The summed E-state index contributed by atoms with van der Waals surface area (Å²) in [4.78, 5) is 17.5. The van der Waals surface area contributed by atoms with Crippen LogP contribution < -0.4 is 11.3 Å². The summed E-state index contributed by atoms with van der Waals surface area (Å²) in [5.41, 5.74) is 4.19. The second-order valence-electron chi connectivity index (χ2n) is 4.81. The topological polar surface area (TPSA) is 71.2 Å². The van der Waals surface area contributed by atoms with Crippen LogP contribution in [-0.2, 0) is 13.1 Å². The molecule has 3 N–H and O–H groups in total. The maximum Gasteiger partial charge on any atom is 0.266 e. The molecule has 0 aliphatic rings.